The van der Waals surface area contributed by atoms with Crippen LogP contribution in [-0.2, 0) is 4.79 Å². The van der Waals surface area contributed by atoms with Gasteiger partial charge in [0.15, 0.2) is 6.61 Å². The molecule has 0 bridgehead atoms. The zero-order valence-electron chi connectivity index (χ0n) is 11.6. The van der Waals surface area contributed by atoms with Crippen molar-refractivity contribution >= 4 is 34.1 Å². The Balaban J connectivity index is 1.66. The number of ether oxygens (including phenoxy) is 1. The number of anilines is 1. The van der Waals surface area contributed by atoms with E-state index in [0.29, 0.717) is 16.6 Å². The van der Waals surface area contributed by atoms with Crippen LogP contribution >= 0.6 is 11.6 Å². The number of fused-ring (bicyclic) bond motifs is 1. The van der Waals surface area contributed by atoms with Gasteiger partial charge in [0, 0.05) is 11.6 Å². The number of nitrogens with zero attached hydrogens (tertiary/aromatic N) is 1. The molecule has 0 saturated carbocycles. The molecule has 0 radical (unpaired) electrons. The minimum absolute atomic E-state index is 0.0850. The van der Waals surface area contributed by atoms with Gasteiger partial charge in [0.05, 0.1) is 5.02 Å². The Kier molecular flexibility index (Phi) is 4.21. The number of benzene rings is 2. The third-order valence-corrected chi connectivity index (χ3v) is 3.33. The Morgan fingerprint density at radius 2 is 1.91 bits per heavy atom. The van der Waals surface area contributed by atoms with Gasteiger partial charge in [-0.15, -0.1) is 0 Å². The molecular formula is C17H13ClN2O2. The predicted molar refractivity (Wildman–Crippen MR) is 87.3 cm³/mol. The lowest BCUT2D eigenvalue weighted by molar-refractivity contribution is -0.118. The number of amides is 1. The molecule has 0 aliphatic carbocycles. The molecule has 22 heavy (non-hydrogen) atoms. The second-order valence-corrected chi connectivity index (χ2v) is 5.11. The molecule has 0 saturated heterocycles. The van der Waals surface area contributed by atoms with Gasteiger partial charge in [-0.1, -0.05) is 48.0 Å². The molecular weight excluding hydrogens is 300 g/mol. The van der Waals surface area contributed by atoms with Crippen LogP contribution in [0, 0.1) is 0 Å². The lowest BCUT2D eigenvalue weighted by atomic mass is 10.1. The van der Waals surface area contributed by atoms with Crippen molar-refractivity contribution < 1.29 is 9.53 Å². The summed E-state index contributed by atoms with van der Waals surface area (Å²) in [6, 6.07) is 16.9. The number of aromatic nitrogens is 1. The summed E-state index contributed by atoms with van der Waals surface area (Å²) >= 11 is 5.75. The molecule has 0 aliphatic heterocycles. The molecule has 110 valence electrons. The minimum atomic E-state index is -0.275. The molecule has 4 nitrogen and oxygen atoms in total. The summed E-state index contributed by atoms with van der Waals surface area (Å²) in [4.78, 5) is 15.9. The van der Waals surface area contributed by atoms with Gasteiger partial charge < -0.3 is 10.1 Å². The van der Waals surface area contributed by atoms with Crippen molar-refractivity contribution in [3.63, 3.8) is 0 Å². The van der Waals surface area contributed by atoms with Crippen LogP contribution in [0.4, 0.5) is 5.82 Å². The molecule has 0 atom stereocenters. The molecule has 0 aliphatic rings. The first kappa shape index (κ1) is 14.4. The second kappa shape index (κ2) is 6.45. The van der Waals surface area contributed by atoms with Gasteiger partial charge in [0.1, 0.15) is 11.6 Å². The number of carbonyl (C=O) groups excluding carboxylic acids is 1. The highest BCUT2D eigenvalue weighted by molar-refractivity contribution is 6.30. The number of hydrogen-bond acceptors (Lipinski definition) is 3. The van der Waals surface area contributed by atoms with Crippen molar-refractivity contribution in [2.75, 3.05) is 11.9 Å². The van der Waals surface area contributed by atoms with E-state index in [1.807, 2.05) is 42.5 Å². The molecule has 2 aromatic carbocycles. The van der Waals surface area contributed by atoms with Crippen LogP contribution in [0.1, 0.15) is 0 Å². The van der Waals surface area contributed by atoms with Crippen molar-refractivity contribution in [1.82, 2.24) is 4.98 Å². The van der Waals surface area contributed by atoms with E-state index < -0.39 is 0 Å². The van der Waals surface area contributed by atoms with Crippen molar-refractivity contribution in [1.29, 1.82) is 0 Å². The summed E-state index contributed by atoms with van der Waals surface area (Å²) in [7, 11) is 0. The lowest BCUT2D eigenvalue weighted by Gasteiger charge is -2.09. The number of nitrogens with one attached hydrogen (secondary N) is 1. The van der Waals surface area contributed by atoms with Crippen LogP contribution in [0.15, 0.2) is 60.8 Å². The van der Waals surface area contributed by atoms with Gasteiger partial charge in [0.2, 0.25) is 0 Å². The van der Waals surface area contributed by atoms with E-state index in [1.165, 1.54) is 6.20 Å². The quantitative estimate of drug-likeness (QED) is 0.794. The second-order valence-electron chi connectivity index (χ2n) is 4.68. The first-order valence-electron chi connectivity index (χ1n) is 6.74. The fraction of sp³-hybridized carbons (Fsp3) is 0.0588. The summed E-state index contributed by atoms with van der Waals surface area (Å²) < 4.78 is 5.61. The van der Waals surface area contributed by atoms with Crippen LogP contribution in [0.2, 0.25) is 5.02 Å². The van der Waals surface area contributed by atoms with E-state index in [0.717, 1.165) is 10.8 Å². The average Bonchev–Trinajstić information content (AvgIpc) is 2.55. The summed E-state index contributed by atoms with van der Waals surface area (Å²) in [6.07, 6.45) is 1.47. The third-order valence-electron chi connectivity index (χ3n) is 3.10. The van der Waals surface area contributed by atoms with Gasteiger partial charge in [0.25, 0.3) is 5.91 Å². The summed E-state index contributed by atoms with van der Waals surface area (Å²) in [5.74, 6) is 0.844. The Morgan fingerprint density at radius 3 is 2.73 bits per heavy atom. The maximum Gasteiger partial charge on any atom is 0.263 e. The average molecular weight is 313 g/mol. The fourth-order valence-corrected chi connectivity index (χ4v) is 2.21. The molecule has 3 aromatic rings. The van der Waals surface area contributed by atoms with Gasteiger partial charge in [-0.25, -0.2) is 4.98 Å². The Bertz CT molecular complexity index is 798. The topological polar surface area (TPSA) is 51.2 Å². The Morgan fingerprint density at radius 1 is 1.09 bits per heavy atom. The number of pyridine rings is 1. The summed E-state index contributed by atoms with van der Waals surface area (Å²) in [6.45, 7) is -0.0850. The van der Waals surface area contributed by atoms with Crippen molar-refractivity contribution in [3.05, 3.63) is 65.8 Å². The molecule has 5 heteroatoms. The standard InChI is InChI=1S/C17H13ClN2O2/c18-13-8-9-16(19-10-13)20-17(21)11-22-15-7-3-5-12-4-1-2-6-14(12)15/h1-10H,11H2,(H,19,20,21). The molecule has 1 amide bonds. The van der Waals surface area contributed by atoms with Gasteiger partial charge in [-0.3, -0.25) is 4.79 Å². The van der Waals surface area contributed by atoms with Gasteiger partial charge in [-0.05, 0) is 23.6 Å². The van der Waals surface area contributed by atoms with Gasteiger partial charge in [-0.2, -0.15) is 0 Å². The SMILES string of the molecule is O=C(COc1cccc2ccccc12)Nc1ccc(Cl)cn1. The zero-order valence-corrected chi connectivity index (χ0v) is 12.4. The Hall–Kier alpha value is -2.59. The van der Waals surface area contributed by atoms with Crippen molar-refractivity contribution in [3.8, 4) is 5.75 Å². The molecule has 1 heterocycles. The van der Waals surface area contributed by atoms with Crippen molar-refractivity contribution in [2.45, 2.75) is 0 Å². The van der Waals surface area contributed by atoms with E-state index in [4.69, 9.17) is 16.3 Å². The van der Waals surface area contributed by atoms with Crippen LogP contribution in [0.25, 0.3) is 10.8 Å². The maximum absolute atomic E-state index is 11.9. The first-order valence-corrected chi connectivity index (χ1v) is 7.12. The van der Waals surface area contributed by atoms with E-state index in [9.17, 15) is 4.79 Å². The van der Waals surface area contributed by atoms with Crippen LogP contribution in [0.3, 0.4) is 0 Å². The summed E-state index contributed by atoms with van der Waals surface area (Å²) in [5.41, 5.74) is 0. The monoisotopic (exact) mass is 312 g/mol. The zero-order chi connectivity index (χ0) is 15.4. The molecule has 1 aromatic heterocycles. The maximum atomic E-state index is 11.9. The van der Waals surface area contributed by atoms with Crippen LogP contribution in [0.5, 0.6) is 5.75 Å². The molecule has 0 spiro atoms. The normalized spacial score (nSPS) is 10.4. The van der Waals surface area contributed by atoms with E-state index >= 15 is 0 Å². The number of carbonyl (C=O) groups is 1. The van der Waals surface area contributed by atoms with E-state index in [2.05, 4.69) is 10.3 Å². The van der Waals surface area contributed by atoms with E-state index in [-0.39, 0.29) is 12.5 Å². The first-order chi connectivity index (χ1) is 10.7. The predicted octanol–water partition coefficient (Wildman–Crippen LogP) is 3.91. The Labute approximate surface area is 132 Å². The number of hydrogen-bond donors (Lipinski definition) is 1. The minimum Gasteiger partial charge on any atom is -0.483 e. The molecule has 3 rings (SSSR count). The van der Waals surface area contributed by atoms with Crippen LogP contribution in [-0.4, -0.2) is 17.5 Å². The summed E-state index contributed by atoms with van der Waals surface area (Å²) in [5, 5.41) is 5.22. The van der Waals surface area contributed by atoms with E-state index in [1.54, 1.807) is 12.1 Å². The van der Waals surface area contributed by atoms with Crippen molar-refractivity contribution in [2.24, 2.45) is 0 Å². The molecule has 0 fully saturated rings. The highest BCUT2D eigenvalue weighted by atomic mass is 35.5. The number of halogens is 1. The molecule has 0 unspecified atom stereocenters. The van der Waals surface area contributed by atoms with Gasteiger partial charge >= 0.3 is 0 Å². The largest absolute Gasteiger partial charge is 0.483 e. The van der Waals surface area contributed by atoms with Crippen LogP contribution < -0.4 is 10.1 Å². The smallest absolute Gasteiger partial charge is 0.263 e. The molecule has 1 N–H and O–H groups in total. The number of rotatable bonds is 4. The lowest BCUT2D eigenvalue weighted by Crippen LogP contribution is -2.20. The highest BCUT2D eigenvalue weighted by Crippen LogP contribution is 2.25. The third kappa shape index (κ3) is 3.35. The highest BCUT2D eigenvalue weighted by Gasteiger charge is 2.06. The fourth-order valence-electron chi connectivity index (χ4n) is 2.09.